The van der Waals surface area contributed by atoms with Gasteiger partial charge in [0.25, 0.3) is 0 Å². The molecule has 0 radical (unpaired) electrons. The third kappa shape index (κ3) is 6.66. The molecule has 0 saturated heterocycles. The van der Waals surface area contributed by atoms with Gasteiger partial charge in [-0.2, -0.15) is 4.89 Å². The molecule has 0 aliphatic carbocycles. The Hall–Kier alpha value is -2.13. The van der Waals surface area contributed by atoms with Crippen molar-refractivity contribution in [2.45, 2.75) is 39.0 Å². The summed E-state index contributed by atoms with van der Waals surface area (Å²) in [6.07, 6.45) is 3.79. The molecule has 0 fully saturated rings. The molecule has 23 heavy (non-hydrogen) atoms. The summed E-state index contributed by atoms with van der Waals surface area (Å²) in [5.41, 5.74) is 3.73. The monoisotopic (exact) mass is 312 g/mol. The molecule has 0 heterocycles. The highest BCUT2D eigenvalue weighted by Gasteiger charge is 2.04. The average Bonchev–Trinajstić information content (AvgIpc) is 2.60. The first-order chi connectivity index (χ1) is 11.3. The maximum absolute atomic E-state index is 11.6. The van der Waals surface area contributed by atoms with Crippen LogP contribution in [0.15, 0.2) is 54.6 Å². The molecule has 0 aliphatic rings. The van der Waals surface area contributed by atoms with Gasteiger partial charge in [-0.3, -0.25) is 4.89 Å². The van der Waals surface area contributed by atoms with Gasteiger partial charge in [0.05, 0.1) is 6.61 Å². The van der Waals surface area contributed by atoms with Gasteiger partial charge >= 0.3 is 5.97 Å². The summed E-state index contributed by atoms with van der Waals surface area (Å²) >= 11 is 0. The number of rotatable bonds is 9. The van der Waals surface area contributed by atoms with Gasteiger partial charge in [-0.1, -0.05) is 61.5 Å². The van der Waals surface area contributed by atoms with Crippen LogP contribution >= 0.6 is 0 Å². The van der Waals surface area contributed by atoms with Crippen LogP contribution in [0.4, 0.5) is 0 Å². The van der Waals surface area contributed by atoms with Crippen molar-refractivity contribution in [3.63, 3.8) is 0 Å². The highest BCUT2D eigenvalue weighted by Crippen LogP contribution is 2.07. The van der Waals surface area contributed by atoms with E-state index in [9.17, 15) is 4.79 Å². The Morgan fingerprint density at radius 2 is 1.52 bits per heavy atom. The van der Waals surface area contributed by atoms with Crippen LogP contribution in [0.25, 0.3) is 0 Å². The largest absolute Gasteiger partial charge is 0.342 e. The van der Waals surface area contributed by atoms with Crippen LogP contribution in [0.5, 0.6) is 0 Å². The second-order valence-electron chi connectivity index (χ2n) is 5.54. The number of carbonyl (C=O) groups excluding carboxylic acids is 1. The smallest absolute Gasteiger partial charge is 0.298 e. The van der Waals surface area contributed by atoms with E-state index >= 15 is 0 Å². The molecule has 3 nitrogen and oxygen atoms in total. The minimum absolute atomic E-state index is 0.303. The Morgan fingerprint density at radius 1 is 0.870 bits per heavy atom. The van der Waals surface area contributed by atoms with Crippen LogP contribution in [0, 0.1) is 0 Å². The van der Waals surface area contributed by atoms with Crippen LogP contribution in [0.1, 0.15) is 36.5 Å². The Morgan fingerprint density at radius 3 is 2.22 bits per heavy atom. The number of aryl methyl sites for hydroxylation is 2. The van der Waals surface area contributed by atoms with Crippen molar-refractivity contribution in [2.75, 3.05) is 6.61 Å². The van der Waals surface area contributed by atoms with Crippen molar-refractivity contribution in [3.05, 3.63) is 71.3 Å². The van der Waals surface area contributed by atoms with E-state index in [0.717, 1.165) is 25.7 Å². The highest BCUT2D eigenvalue weighted by molar-refractivity contribution is 5.68. The van der Waals surface area contributed by atoms with E-state index in [2.05, 4.69) is 43.3 Å². The van der Waals surface area contributed by atoms with Crippen molar-refractivity contribution in [1.82, 2.24) is 0 Å². The number of carbonyl (C=O) groups is 1. The third-order valence-electron chi connectivity index (χ3n) is 3.75. The number of benzene rings is 2. The number of hydrogen-bond donors (Lipinski definition) is 0. The third-order valence-corrected chi connectivity index (χ3v) is 3.75. The predicted molar refractivity (Wildman–Crippen MR) is 90.9 cm³/mol. The zero-order chi connectivity index (χ0) is 16.3. The summed E-state index contributed by atoms with van der Waals surface area (Å²) in [5, 5.41) is 0. The molecular formula is C20H24O3. The second-order valence-corrected chi connectivity index (χ2v) is 5.54. The molecule has 0 saturated carbocycles. The van der Waals surface area contributed by atoms with Crippen LogP contribution in [0.2, 0.25) is 0 Å². The molecule has 0 amide bonds. The van der Waals surface area contributed by atoms with Gasteiger partial charge in [-0.05, 0) is 42.4 Å². The summed E-state index contributed by atoms with van der Waals surface area (Å²) in [4.78, 5) is 21.4. The summed E-state index contributed by atoms with van der Waals surface area (Å²) in [5.74, 6) is -0.303. The molecule has 3 heteroatoms. The van der Waals surface area contributed by atoms with Gasteiger partial charge in [0.1, 0.15) is 0 Å². The zero-order valence-corrected chi connectivity index (χ0v) is 13.7. The first-order valence-electron chi connectivity index (χ1n) is 8.22. The standard InChI is InChI=1S/C20H24O3/c1-2-17-11-13-19(14-12-17)15-16-22-23-20(21)10-6-9-18-7-4-3-5-8-18/h3-5,7-8,11-14H,2,6,9-10,15-16H2,1H3. The molecule has 0 aliphatic heterocycles. The summed E-state index contributed by atoms with van der Waals surface area (Å²) in [6, 6.07) is 18.5. The predicted octanol–water partition coefficient (Wildman–Crippen LogP) is 4.29. The lowest BCUT2D eigenvalue weighted by Gasteiger charge is -2.05. The molecule has 0 spiro atoms. The second kappa shape index (κ2) is 9.80. The molecule has 0 aromatic heterocycles. The fraction of sp³-hybridized carbons (Fsp3) is 0.350. The summed E-state index contributed by atoms with van der Waals surface area (Å²) in [7, 11) is 0. The van der Waals surface area contributed by atoms with E-state index in [4.69, 9.17) is 9.78 Å². The average molecular weight is 312 g/mol. The molecule has 2 aromatic rings. The van der Waals surface area contributed by atoms with Crippen molar-refractivity contribution in [3.8, 4) is 0 Å². The molecule has 122 valence electrons. The molecular weight excluding hydrogens is 288 g/mol. The quantitative estimate of drug-likeness (QED) is 0.394. The number of hydrogen-bond acceptors (Lipinski definition) is 3. The molecule has 0 N–H and O–H groups in total. The SMILES string of the molecule is CCc1ccc(CCOOC(=O)CCCc2ccccc2)cc1. The van der Waals surface area contributed by atoms with Crippen molar-refractivity contribution in [2.24, 2.45) is 0 Å². The topological polar surface area (TPSA) is 35.5 Å². The fourth-order valence-electron chi connectivity index (χ4n) is 2.33. The fourth-order valence-corrected chi connectivity index (χ4v) is 2.33. The van der Waals surface area contributed by atoms with E-state index in [1.54, 1.807) is 0 Å². The Bertz CT molecular complexity index is 576. The van der Waals surface area contributed by atoms with Gasteiger partial charge < -0.3 is 0 Å². The molecule has 0 bridgehead atoms. The molecule has 0 unspecified atom stereocenters. The van der Waals surface area contributed by atoms with Crippen molar-refractivity contribution < 1.29 is 14.6 Å². The van der Waals surface area contributed by atoms with E-state index in [1.807, 2.05) is 18.2 Å². The highest BCUT2D eigenvalue weighted by atomic mass is 17.2. The van der Waals surface area contributed by atoms with E-state index in [0.29, 0.717) is 13.0 Å². The van der Waals surface area contributed by atoms with Crippen molar-refractivity contribution in [1.29, 1.82) is 0 Å². The maximum atomic E-state index is 11.6. The van der Waals surface area contributed by atoms with Gasteiger partial charge in [-0.25, -0.2) is 4.79 Å². The van der Waals surface area contributed by atoms with Gasteiger partial charge in [0, 0.05) is 6.42 Å². The van der Waals surface area contributed by atoms with Gasteiger partial charge in [-0.15, -0.1) is 0 Å². The molecule has 2 rings (SSSR count). The maximum Gasteiger partial charge on any atom is 0.342 e. The Kier molecular flexibility index (Phi) is 7.34. The van der Waals surface area contributed by atoms with Crippen LogP contribution in [-0.4, -0.2) is 12.6 Å². The van der Waals surface area contributed by atoms with E-state index < -0.39 is 0 Å². The van der Waals surface area contributed by atoms with Crippen LogP contribution in [-0.2, 0) is 33.8 Å². The molecule has 0 atom stereocenters. The zero-order valence-electron chi connectivity index (χ0n) is 13.7. The first kappa shape index (κ1) is 17.2. The summed E-state index contributed by atoms with van der Waals surface area (Å²) in [6.45, 7) is 2.52. The van der Waals surface area contributed by atoms with Crippen LogP contribution in [0.3, 0.4) is 0 Å². The lowest BCUT2D eigenvalue weighted by atomic mass is 10.1. The Labute approximate surface area is 138 Å². The van der Waals surface area contributed by atoms with Gasteiger partial charge in [0.15, 0.2) is 0 Å². The van der Waals surface area contributed by atoms with E-state index in [1.165, 1.54) is 16.7 Å². The van der Waals surface area contributed by atoms with Crippen molar-refractivity contribution >= 4 is 5.97 Å². The lowest BCUT2D eigenvalue weighted by Crippen LogP contribution is -2.08. The summed E-state index contributed by atoms with van der Waals surface area (Å²) < 4.78 is 0. The van der Waals surface area contributed by atoms with E-state index in [-0.39, 0.29) is 5.97 Å². The van der Waals surface area contributed by atoms with Gasteiger partial charge in [0.2, 0.25) is 0 Å². The molecule has 2 aromatic carbocycles. The van der Waals surface area contributed by atoms with Crippen LogP contribution < -0.4 is 0 Å². The normalized spacial score (nSPS) is 10.5. The first-order valence-corrected chi connectivity index (χ1v) is 8.22. The lowest BCUT2D eigenvalue weighted by molar-refractivity contribution is -0.271. The Balaban J connectivity index is 1.55. The minimum Gasteiger partial charge on any atom is -0.298 e. The minimum atomic E-state index is -0.303.